The van der Waals surface area contributed by atoms with Crippen LogP contribution in [0, 0.1) is 0 Å². The minimum absolute atomic E-state index is 0.231. The smallest absolute Gasteiger partial charge is 0.139 e. The van der Waals surface area contributed by atoms with Crippen molar-refractivity contribution < 1.29 is 4.74 Å². The highest BCUT2D eigenvalue weighted by molar-refractivity contribution is 9.10. The maximum atomic E-state index is 5.76. The van der Waals surface area contributed by atoms with Gasteiger partial charge in [-0.1, -0.05) is 6.92 Å². The lowest BCUT2D eigenvalue weighted by Gasteiger charge is -2.14. The van der Waals surface area contributed by atoms with Crippen molar-refractivity contribution in [3.05, 3.63) is 22.9 Å². The van der Waals surface area contributed by atoms with Crippen molar-refractivity contribution in [3.8, 4) is 5.75 Å². The van der Waals surface area contributed by atoms with Crippen LogP contribution in [0.3, 0.4) is 0 Å². The Bertz CT molecular complexity index is 307. The molecule has 1 rings (SSSR count). The number of halogens is 1. The predicted octanol–water partition coefficient (Wildman–Crippen LogP) is 3.00. The van der Waals surface area contributed by atoms with E-state index in [1.54, 1.807) is 12.4 Å². The SMILES string of the molecule is CCNCCCC(C)Oc1cncc(Br)c1. The van der Waals surface area contributed by atoms with E-state index >= 15 is 0 Å². The summed E-state index contributed by atoms with van der Waals surface area (Å²) in [7, 11) is 0. The third-order valence-corrected chi connectivity index (χ3v) is 2.66. The van der Waals surface area contributed by atoms with Gasteiger partial charge in [0.05, 0.1) is 12.3 Å². The van der Waals surface area contributed by atoms with Gasteiger partial charge in [0.1, 0.15) is 5.75 Å². The van der Waals surface area contributed by atoms with E-state index in [9.17, 15) is 0 Å². The van der Waals surface area contributed by atoms with Gasteiger partial charge in [0.15, 0.2) is 0 Å². The van der Waals surface area contributed by atoms with Crippen molar-refractivity contribution in [3.63, 3.8) is 0 Å². The standard InChI is InChI=1S/C12H19BrN2O/c1-3-14-6-4-5-10(2)16-12-7-11(13)8-15-9-12/h7-10,14H,3-6H2,1-2H3. The fraction of sp³-hybridized carbons (Fsp3) is 0.583. The average molecular weight is 287 g/mol. The van der Waals surface area contributed by atoms with Gasteiger partial charge in [0.25, 0.3) is 0 Å². The fourth-order valence-electron chi connectivity index (χ4n) is 1.44. The van der Waals surface area contributed by atoms with Gasteiger partial charge in [0.2, 0.25) is 0 Å². The summed E-state index contributed by atoms with van der Waals surface area (Å²) in [5, 5.41) is 3.30. The molecule has 0 aliphatic carbocycles. The van der Waals surface area contributed by atoms with Gasteiger partial charge < -0.3 is 10.1 Å². The molecule has 0 saturated carbocycles. The van der Waals surface area contributed by atoms with Gasteiger partial charge in [-0.15, -0.1) is 0 Å². The zero-order chi connectivity index (χ0) is 11.8. The van der Waals surface area contributed by atoms with Crippen LogP contribution >= 0.6 is 15.9 Å². The van der Waals surface area contributed by atoms with Crippen LogP contribution in [0.1, 0.15) is 26.7 Å². The highest BCUT2D eigenvalue weighted by Gasteiger charge is 2.04. The molecule has 0 aliphatic rings. The Kier molecular flexibility index (Phi) is 6.42. The van der Waals surface area contributed by atoms with Crippen LogP contribution in [0.15, 0.2) is 22.9 Å². The first-order valence-electron chi connectivity index (χ1n) is 5.70. The summed E-state index contributed by atoms with van der Waals surface area (Å²) in [6.45, 7) is 6.30. The fourth-order valence-corrected chi connectivity index (χ4v) is 1.78. The minimum atomic E-state index is 0.231. The van der Waals surface area contributed by atoms with Crippen molar-refractivity contribution in [2.75, 3.05) is 13.1 Å². The summed E-state index contributed by atoms with van der Waals surface area (Å²) in [6, 6.07) is 1.94. The van der Waals surface area contributed by atoms with Gasteiger partial charge in [-0.05, 0) is 54.9 Å². The molecule has 0 bridgehead atoms. The van der Waals surface area contributed by atoms with Crippen molar-refractivity contribution in [2.24, 2.45) is 0 Å². The quantitative estimate of drug-likeness (QED) is 0.783. The molecule has 90 valence electrons. The van der Waals surface area contributed by atoms with Gasteiger partial charge in [-0.3, -0.25) is 4.98 Å². The highest BCUT2D eigenvalue weighted by Crippen LogP contribution is 2.17. The van der Waals surface area contributed by atoms with Crippen LogP contribution in [-0.4, -0.2) is 24.2 Å². The topological polar surface area (TPSA) is 34.1 Å². The molecule has 1 N–H and O–H groups in total. The van der Waals surface area contributed by atoms with E-state index in [1.807, 2.05) is 6.07 Å². The summed E-state index contributed by atoms with van der Waals surface area (Å²) in [5.74, 6) is 0.824. The summed E-state index contributed by atoms with van der Waals surface area (Å²) in [5.41, 5.74) is 0. The first kappa shape index (κ1) is 13.5. The first-order valence-corrected chi connectivity index (χ1v) is 6.49. The molecule has 0 aliphatic heterocycles. The lowest BCUT2D eigenvalue weighted by molar-refractivity contribution is 0.206. The maximum Gasteiger partial charge on any atom is 0.139 e. The molecule has 1 heterocycles. The number of pyridine rings is 1. The van der Waals surface area contributed by atoms with E-state index < -0.39 is 0 Å². The van der Waals surface area contributed by atoms with Crippen LogP contribution in [0.25, 0.3) is 0 Å². The normalized spacial score (nSPS) is 12.4. The van der Waals surface area contributed by atoms with Gasteiger partial charge in [-0.2, -0.15) is 0 Å². The second kappa shape index (κ2) is 7.63. The van der Waals surface area contributed by atoms with E-state index in [2.05, 4.69) is 40.1 Å². The number of nitrogens with one attached hydrogen (secondary N) is 1. The highest BCUT2D eigenvalue weighted by atomic mass is 79.9. The molecule has 0 saturated heterocycles. The van der Waals surface area contributed by atoms with Gasteiger partial charge in [0, 0.05) is 10.7 Å². The number of nitrogens with zero attached hydrogens (tertiary/aromatic N) is 1. The molecule has 1 atom stereocenters. The van der Waals surface area contributed by atoms with Gasteiger partial charge in [-0.25, -0.2) is 0 Å². The lowest BCUT2D eigenvalue weighted by Crippen LogP contribution is -2.18. The molecule has 4 heteroatoms. The Labute approximate surface area is 106 Å². The van der Waals surface area contributed by atoms with Crippen LogP contribution < -0.4 is 10.1 Å². The summed E-state index contributed by atoms with van der Waals surface area (Å²) < 4.78 is 6.70. The van der Waals surface area contributed by atoms with Crippen LogP contribution in [0.2, 0.25) is 0 Å². The van der Waals surface area contributed by atoms with E-state index in [0.717, 1.165) is 36.2 Å². The molecule has 1 aromatic rings. The maximum absolute atomic E-state index is 5.76. The first-order chi connectivity index (χ1) is 7.72. The minimum Gasteiger partial charge on any atom is -0.489 e. The largest absolute Gasteiger partial charge is 0.489 e. The molecule has 16 heavy (non-hydrogen) atoms. The molecular formula is C12H19BrN2O. The van der Waals surface area contributed by atoms with Crippen molar-refractivity contribution in [1.29, 1.82) is 0 Å². The lowest BCUT2D eigenvalue weighted by atomic mass is 10.2. The summed E-state index contributed by atoms with van der Waals surface area (Å²) >= 11 is 3.37. The zero-order valence-electron chi connectivity index (χ0n) is 9.87. The molecular weight excluding hydrogens is 268 g/mol. The van der Waals surface area contributed by atoms with E-state index in [-0.39, 0.29) is 6.10 Å². The monoisotopic (exact) mass is 286 g/mol. The Morgan fingerprint density at radius 3 is 3.00 bits per heavy atom. The number of aromatic nitrogens is 1. The van der Waals surface area contributed by atoms with Crippen molar-refractivity contribution in [1.82, 2.24) is 10.3 Å². The molecule has 1 aromatic heterocycles. The van der Waals surface area contributed by atoms with Crippen LogP contribution in [-0.2, 0) is 0 Å². The molecule has 1 unspecified atom stereocenters. The molecule has 0 amide bonds. The number of ether oxygens (including phenoxy) is 1. The number of hydrogen-bond donors (Lipinski definition) is 1. The van der Waals surface area contributed by atoms with E-state index in [4.69, 9.17) is 4.74 Å². The third kappa shape index (κ3) is 5.47. The molecule has 0 fully saturated rings. The van der Waals surface area contributed by atoms with Crippen LogP contribution in [0.5, 0.6) is 5.75 Å². The van der Waals surface area contributed by atoms with E-state index in [1.165, 1.54) is 0 Å². The molecule has 0 radical (unpaired) electrons. The second-order valence-electron chi connectivity index (χ2n) is 3.76. The Hall–Kier alpha value is -0.610. The third-order valence-electron chi connectivity index (χ3n) is 2.23. The van der Waals surface area contributed by atoms with E-state index in [0.29, 0.717) is 0 Å². The number of rotatable bonds is 7. The Morgan fingerprint density at radius 1 is 1.50 bits per heavy atom. The van der Waals surface area contributed by atoms with Crippen molar-refractivity contribution in [2.45, 2.75) is 32.8 Å². The molecule has 0 aromatic carbocycles. The van der Waals surface area contributed by atoms with Crippen LogP contribution in [0.4, 0.5) is 0 Å². The van der Waals surface area contributed by atoms with Gasteiger partial charge >= 0.3 is 0 Å². The van der Waals surface area contributed by atoms with Crippen molar-refractivity contribution >= 4 is 15.9 Å². The number of hydrogen-bond acceptors (Lipinski definition) is 3. The average Bonchev–Trinajstić information content (AvgIpc) is 2.24. The molecule has 0 spiro atoms. The zero-order valence-corrected chi connectivity index (χ0v) is 11.5. The Balaban J connectivity index is 2.25. The Morgan fingerprint density at radius 2 is 2.31 bits per heavy atom. The second-order valence-corrected chi connectivity index (χ2v) is 4.68. The summed E-state index contributed by atoms with van der Waals surface area (Å²) in [6.07, 6.45) is 5.92. The predicted molar refractivity (Wildman–Crippen MR) is 69.8 cm³/mol. The molecule has 3 nitrogen and oxygen atoms in total. The summed E-state index contributed by atoms with van der Waals surface area (Å²) in [4.78, 5) is 4.06.